The van der Waals surface area contributed by atoms with Crippen LogP contribution in [-0.4, -0.2) is 26.7 Å². The molecular formula is C8H13N3O. The number of rotatable bonds is 3. The first-order valence-corrected chi connectivity index (χ1v) is 3.93. The monoisotopic (exact) mass is 167 g/mol. The van der Waals surface area contributed by atoms with Crippen molar-refractivity contribution < 1.29 is 5.11 Å². The second-order valence-electron chi connectivity index (χ2n) is 2.63. The van der Waals surface area contributed by atoms with Gasteiger partial charge in [0, 0.05) is 7.05 Å². The maximum absolute atomic E-state index is 8.87. The van der Waals surface area contributed by atoms with E-state index in [-0.39, 0.29) is 6.61 Å². The quantitative estimate of drug-likeness (QED) is 0.717. The van der Waals surface area contributed by atoms with Crippen molar-refractivity contribution in [3.05, 3.63) is 17.5 Å². The molecule has 1 N–H and O–H groups in total. The Labute approximate surface area is 71.5 Å². The van der Waals surface area contributed by atoms with Crippen molar-refractivity contribution in [2.75, 3.05) is 6.61 Å². The number of nitrogens with zero attached hydrogens (tertiary/aromatic N) is 3. The highest BCUT2D eigenvalue weighted by Gasteiger charge is 1.96. The van der Waals surface area contributed by atoms with E-state index in [1.807, 2.05) is 26.2 Å². The van der Waals surface area contributed by atoms with E-state index in [9.17, 15) is 0 Å². The van der Waals surface area contributed by atoms with Gasteiger partial charge < -0.3 is 5.11 Å². The fraction of sp³-hybridized carbons (Fsp3) is 0.500. The normalized spacial score (nSPS) is 12.1. The number of aliphatic hydroxyl groups excluding tert-OH is 1. The maximum Gasteiger partial charge on any atom is 0.105 e. The first-order chi connectivity index (χ1) is 5.76. The summed E-state index contributed by atoms with van der Waals surface area (Å²) in [5.41, 5.74) is 1.76. The van der Waals surface area contributed by atoms with E-state index < -0.39 is 0 Å². The van der Waals surface area contributed by atoms with Gasteiger partial charge in [-0.15, -0.1) is 5.10 Å². The predicted molar refractivity (Wildman–Crippen MR) is 46.4 cm³/mol. The van der Waals surface area contributed by atoms with Gasteiger partial charge in [0.2, 0.25) is 0 Å². The Morgan fingerprint density at radius 3 is 2.92 bits per heavy atom. The number of hydrogen-bond donors (Lipinski definition) is 1. The summed E-state index contributed by atoms with van der Waals surface area (Å²) in [4.78, 5) is 0. The summed E-state index contributed by atoms with van der Waals surface area (Å²) < 4.78 is 1.64. The Kier molecular flexibility index (Phi) is 2.99. The van der Waals surface area contributed by atoms with Crippen LogP contribution >= 0.6 is 0 Å². The maximum atomic E-state index is 8.87. The molecule has 1 aromatic heterocycles. The fourth-order valence-electron chi connectivity index (χ4n) is 0.900. The minimum absolute atomic E-state index is 0.0904. The van der Waals surface area contributed by atoms with E-state index in [2.05, 4.69) is 10.3 Å². The van der Waals surface area contributed by atoms with Gasteiger partial charge in [-0.3, -0.25) is 4.68 Å². The summed E-state index contributed by atoms with van der Waals surface area (Å²) in [5, 5.41) is 16.5. The van der Waals surface area contributed by atoms with Crippen LogP contribution < -0.4 is 0 Å². The number of aryl methyl sites for hydroxylation is 1. The molecule has 12 heavy (non-hydrogen) atoms. The molecular weight excluding hydrogens is 154 g/mol. The van der Waals surface area contributed by atoms with Gasteiger partial charge in [-0.1, -0.05) is 12.1 Å². The van der Waals surface area contributed by atoms with Crippen LogP contribution in [0.4, 0.5) is 0 Å². The minimum atomic E-state index is 0.0904. The number of aromatic nitrogens is 3. The Bertz CT molecular complexity index is 272. The van der Waals surface area contributed by atoms with Crippen LogP contribution in [0.15, 0.2) is 11.8 Å². The van der Waals surface area contributed by atoms with Gasteiger partial charge in [0.05, 0.1) is 12.8 Å². The van der Waals surface area contributed by atoms with Crippen LogP contribution in [-0.2, 0) is 7.05 Å². The zero-order valence-electron chi connectivity index (χ0n) is 7.36. The van der Waals surface area contributed by atoms with Crippen molar-refractivity contribution in [2.45, 2.75) is 13.3 Å². The van der Waals surface area contributed by atoms with E-state index in [0.717, 1.165) is 17.7 Å². The molecule has 1 heterocycles. The molecule has 0 radical (unpaired) electrons. The summed E-state index contributed by atoms with van der Waals surface area (Å²) in [6, 6.07) is 0. The number of aliphatic hydroxyl groups is 1. The van der Waals surface area contributed by atoms with Gasteiger partial charge in [0.15, 0.2) is 0 Å². The molecule has 0 aliphatic carbocycles. The summed E-state index contributed by atoms with van der Waals surface area (Å²) in [6.45, 7) is 2.09. The van der Waals surface area contributed by atoms with E-state index in [1.165, 1.54) is 0 Å². The summed E-state index contributed by atoms with van der Waals surface area (Å²) in [5.74, 6) is 0. The van der Waals surface area contributed by atoms with E-state index >= 15 is 0 Å². The SMILES string of the molecule is CC/C(=C\c1cn(C)nn1)CO. The third-order valence-electron chi connectivity index (χ3n) is 1.63. The van der Waals surface area contributed by atoms with Crippen LogP contribution in [0.5, 0.6) is 0 Å². The molecule has 0 fully saturated rings. The average molecular weight is 167 g/mol. The highest BCUT2D eigenvalue weighted by atomic mass is 16.3. The minimum Gasteiger partial charge on any atom is -0.392 e. The number of hydrogen-bond acceptors (Lipinski definition) is 3. The third kappa shape index (κ3) is 2.17. The molecule has 4 heteroatoms. The predicted octanol–water partition coefficient (Wildman–Crippen LogP) is 0.601. The lowest BCUT2D eigenvalue weighted by Gasteiger charge is -1.95. The van der Waals surface area contributed by atoms with Crippen LogP contribution in [0.3, 0.4) is 0 Å². The van der Waals surface area contributed by atoms with Crippen molar-refractivity contribution in [2.24, 2.45) is 7.05 Å². The molecule has 1 rings (SSSR count). The Morgan fingerprint density at radius 1 is 1.75 bits per heavy atom. The molecule has 0 bridgehead atoms. The standard InChI is InChI=1S/C8H13N3O/c1-3-7(6-12)4-8-5-11(2)10-9-8/h4-5,12H,3,6H2,1-2H3/b7-4+. The molecule has 0 atom stereocenters. The van der Waals surface area contributed by atoms with Gasteiger partial charge >= 0.3 is 0 Å². The summed E-state index contributed by atoms with van der Waals surface area (Å²) in [6.07, 6.45) is 4.51. The summed E-state index contributed by atoms with van der Waals surface area (Å²) in [7, 11) is 1.81. The lowest BCUT2D eigenvalue weighted by molar-refractivity contribution is 0.329. The van der Waals surface area contributed by atoms with Crippen molar-refractivity contribution >= 4 is 6.08 Å². The average Bonchev–Trinajstić information content (AvgIpc) is 2.47. The molecule has 0 saturated heterocycles. The topological polar surface area (TPSA) is 50.9 Å². The highest BCUT2D eigenvalue weighted by Crippen LogP contribution is 2.05. The molecule has 0 aromatic carbocycles. The second-order valence-corrected chi connectivity index (χ2v) is 2.63. The molecule has 0 saturated carbocycles. The van der Waals surface area contributed by atoms with Gasteiger partial charge in [0.25, 0.3) is 0 Å². The molecule has 1 aromatic rings. The van der Waals surface area contributed by atoms with Gasteiger partial charge in [0.1, 0.15) is 5.69 Å². The van der Waals surface area contributed by atoms with Gasteiger partial charge in [-0.25, -0.2) is 0 Å². The molecule has 4 nitrogen and oxygen atoms in total. The van der Waals surface area contributed by atoms with Crippen molar-refractivity contribution in [3.63, 3.8) is 0 Å². The van der Waals surface area contributed by atoms with Crippen molar-refractivity contribution in [3.8, 4) is 0 Å². The summed E-state index contributed by atoms with van der Waals surface area (Å²) >= 11 is 0. The van der Waals surface area contributed by atoms with Crippen LogP contribution in [0, 0.1) is 0 Å². The van der Waals surface area contributed by atoms with Gasteiger partial charge in [-0.2, -0.15) is 0 Å². The third-order valence-corrected chi connectivity index (χ3v) is 1.63. The molecule has 0 aliphatic heterocycles. The Morgan fingerprint density at radius 2 is 2.50 bits per heavy atom. The first kappa shape index (κ1) is 8.93. The van der Waals surface area contributed by atoms with E-state index in [4.69, 9.17) is 5.11 Å². The Balaban J connectivity index is 2.78. The van der Waals surface area contributed by atoms with E-state index in [1.54, 1.807) is 4.68 Å². The molecule has 0 amide bonds. The van der Waals surface area contributed by atoms with Crippen LogP contribution in [0.1, 0.15) is 19.0 Å². The second kappa shape index (κ2) is 4.01. The lowest BCUT2D eigenvalue weighted by atomic mass is 10.2. The zero-order chi connectivity index (χ0) is 8.97. The molecule has 0 aliphatic rings. The smallest absolute Gasteiger partial charge is 0.105 e. The zero-order valence-corrected chi connectivity index (χ0v) is 7.36. The van der Waals surface area contributed by atoms with Crippen molar-refractivity contribution in [1.82, 2.24) is 15.0 Å². The molecule has 0 unspecified atom stereocenters. The first-order valence-electron chi connectivity index (χ1n) is 3.93. The fourth-order valence-corrected chi connectivity index (χ4v) is 0.900. The van der Waals surface area contributed by atoms with Crippen molar-refractivity contribution in [1.29, 1.82) is 0 Å². The van der Waals surface area contributed by atoms with Gasteiger partial charge in [-0.05, 0) is 18.1 Å². The molecule has 0 spiro atoms. The van der Waals surface area contributed by atoms with Crippen LogP contribution in [0.25, 0.3) is 6.08 Å². The lowest BCUT2D eigenvalue weighted by Crippen LogP contribution is -1.87. The highest BCUT2D eigenvalue weighted by molar-refractivity contribution is 5.47. The van der Waals surface area contributed by atoms with Crippen LogP contribution in [0.2, 0.25) is 0 Å². The van der Waals surface area contributed by atoms with E-state index in [0.29, 0.717) is 0 Å². The Hall–Kier alpha value is -1.16. The molecule has 66 valence electrons. The largest absolute Gasteiger partial charge is 0.392 e.